The zero-order chi connectivity index (χ0) is 27.4. The summed E-state index contributed by atoms with van der Waals surface area (Å²) >= 11 is 0. The lowest BCUT2D eigenvalue weighted by molar-refractivity contribution is -0.150. The summed E-state index contributed by atoms with van der Waals surface area (Å²) in [5.41, 5.74) is 4.74. The van der Waals surface area contributed by atoms with E-state index in [9.17, 15) is 14.7 Å². The molecular weight excluding hydrogens is 484 g/mol. The Labute approximate surface area is 225 Å². The second kappa shape index (κ2) is 12.3. The SMILES string of the molecule is Cc1cc(C2Nc3cc(CNC(C(=O)OCC(C)C)C(C)O)ccc3N2CC2CCCCO2)cn(C)c1=O. The molecule has 9 nitrogen and oxygen atoms in total. The number of aryl methyl sites for hydroxylation is 2. The monoisotopic (exact) mass is 526 g/mol. The Morgan fingerprint density at radius 3 is 2.71 bits per heavy atom. The summed E-state index contributed by atoms with van der Waals surface area (Å²) in [6, 6.07) is 7.35. The maximum atomic E-state index is 12.5. The second-order valence-electron chi connectivity index (χ2n) is 11.0. The van der Waals surface area contributed by atoms with Crippen molar-refractivity contribution < 1.29 is 19.4 Å². The van der Waals surface area contributed by atoms with Gasteiger partial charge in [-0.3, -0.25) is 14.9 Å². The van der Waals surface area contributed by atoms with Gasteiger partial charge in [-0.1, -0.05) is 19.9 Å². The van der Waals surface area contributed by atoms with Crippen molar-refractivity contribution in [1.29, 1.82) is 0 Å². The number of rotatable bonds is 10. The molecule has 3 N–H and O–H groups in total. The smallest absolute Gasteiger partial charge is 0.325 e. The lowest BCUT2D eigenvalue weighted by Gasteiger charge is -2.33. The molecule has 0 saturated carbocycles. The van der Waals surface area contributed by atoms with Gasteiger partial charge in [0.25, 0.3) is 5.56 Å². The predicted molar refractivity (Wildman–Crippen MR) is 148 cm³/mol. The van der Waals surface area contributed by atoms with Crippen LogP contribution in [0.2, 0.25) is 0 Å². The first-order valence-corrected chi connectivity index (χ1v) is 13.7. The zero-order valence-electron chi connectivity index (χ0n) is 23.2. The molecule has 0 amide bonds. The summed E-state index contributed by atoms with van der Waals surface area (Å²) in [5, 5.41) is 17.0. The standard InChI is InChI=1S/C29H42N4O5/c1-18(2)17-38-29(36)26(20(4)34)30-14-21-9-10-25-24(13-21)31-27(22-12-19(3)28(35)32(5)15-22)33(25)16-23-8-6-7-11-37-23/h9-10,12-13,15,18,20,23,26-27,30-31,34H,6-8,11,14,16-17H2,1-5H3. The molecule has 1 aromatic carbocycles. The van der Waals surface area contributed by atoms with Gasteiger partial charge >= 0.3 is 5.97 Å². The number of hydrogen-bond acceptors (Lipinski definition) is 8. The number of aliphatic hydroxyl groups is 1. The van der Waals surface area contributed by atoms with Gasteiger partial charge in [-0.2, -0.15) is 0 Å². The van der Waals surface area contributed by atoms with Gasteiger partial charge in [-0.05, 0) is 62.8 Å². The first-order valence-electron chi connectivity index (χ1n) is 13.7. The Bertz CT molecular complexity index is 1150. The van der Waals surface area contributed by atoms with Gasteiger partial charge in [0.2, 0.25) is 0 Å². The van der Waals surface area contributed by atoms with Crippen LogP contribution >= 0.6 is 0 Å². The number of ether oxygens (including phenoxy) is 2. The van der Waals surface area contributed by atoms with Crippen LogP contribution in [0.4, 0.5) is 11.4 Å². The van der Waals surface area contributed by atoms with Crippen LogP contribution in [0.15, 0.2) is 35.3 Å². The predicted octanol–water partition coefficient (Wildman–Crippen LogP) is 3.23. The summed E-state index contributed by atoms with van der Waals surface area (Å²) in [6.07, 6.45) is 4.32. The van der Waals surface area contributed by atoms with Gasteiger partial charge in [0.15, 0.2) is 0 Å². The number of nitrogens with zero attached hydrogens (tertiary/aromatic N) is 2. The summed E-state index contributed by atoms with van der Waals surface area (Å²) in [6.45, 7) is 9.63. The number of benzene rings is 1. The molecule has 3 heterocycles. The molecule has 1 saturated heterocycles. The van der Waals surface area contributed by atoms with Gasteiger partial charge in [-0.15, -0.1) is 0 Å². The molecule has 0 bridgehead atoms. The van der Waals surface area contributed by atoms with Gasteiger partial charge in [-0.25, -0.2) is 0 Å². The van der Waals surface area contributed by atoms with Crippen LogP contribution in [0.5, 0.6) is 0 Å². The fraction of sp³-hybridized carbons (Fsp3) is 0.586. The molecule has 0 aliphatic carbocycles. The number of carbonyl (C=O) groups excluding carboxylic acids is 1. The van der Waals surface area contributed by atoms with E-state index >= 15 is 0 Å². The fourth-order valence-corrected chi connectivity index (χ4v) is 5.14. The first kappa shape index (κ1) is 28.1. The lowest BCUT2D eigenvalue weighted by Crippen LogP contribution is -2.45. The molecule has 9 heteroatoms. The Morgan fingerprint density at radius 2 is 2.05 bits per heavy atom. The summed E-state index contributed by atoms with van der Waals surface area (Å²) < 4.78 is 13.1. The van der Waals surface area contributed by atoms with E-state index in [4.69, 9.17) is 9.47 Å². The maximum absolute atomic E-state index is 12.5. The number of esters is 1. The van der Waals surface area contributed by atoms with E-state index in [-0.39, 0.29) is 23.7 Å². The molecule has 2 aromatic rings. The summed E-state index contributed by atoms with van der Waals surface area (Å²) in [7, 11) is 1.78. The van der Waals surface area contributed by atoms with E-state index in [0.29, 0.717) is 18.7 Å². The molecular formula is C29H42N4O5. The van der Waals surface area contributed by atoms with Crippen LogP contribution in [0.1, 0.15) is 62.9 Å². The minimum absolute atomic E-state index is 0.000581. The van der Waals surface area contributed by atoms with Crippen LogP contribution in [0.25, 0.3) is 0 Å². The van der Waals surface area contributed by atoms with Crippen molar-refractivity contribution in [1.82, 2.24) is 9.88 Å². The average molecular weight is 527 g/mol. The van der Waals surface area contributed by atoms with Gasteiger partial charge in [0, 0.05) is 44.1 Å². The van der Waals surface area contributed by atoms with Gasteiger partial charge in [0.05, 0.1) is 30.2 Å². The van der Waals surface area contributed by atoms with Crippen molar-refractivity contribution in [3.63, 3.8) is 0 Å². The third-order valence-corrected chi connectivity index (χ3v) is 7.17. The van der Waals surface area contributed by atoms with Crippen LogP contribution in [-0.4, -0.2) is 53.7 Å². The average Bonchev–Trinajstić information content (AvgIpc) is 3.23. The number of carbonyl (C=O) groups is 1. The molecule has 4 atom stereocenters. The molecule has 4 rings (SSSR count). The zero-order valence-corrected chi connectivity index (χ0v) is 23.2. The molecule has 38 heavy (non-hydrogen) atoms. The molecule has 0 spiro atoms. The van der Waals surface area contributed by atoms with Crippen LogP contribution in [-0.2, 0) is 27.9 Å². The number of anilines is 2. The molecule has 2 aliphatic rings. The molecule has 0 radical (unpaired) electrons. The Kier molecular flexibility index (Phi) is 9.12. The van der Waals surface area contributed by atoms with Crippen LogP contribution in [0.3, 0.4) is 0 Å². The lowest BCUT2D eigenvalue weighted by atomic mass is 10.1. The van der Waals surface area contributed by atoms with Crippen molar-refractivity contribution in [2.75, 3.05) is 30.0 Å². The van der Waals surface area contributed by atoms with Gasteiger partial charge < -0.3 is 29.4 Å². The topological polar surface area (TPSA) is 105 Å². The van der Waals surface area contributed by atoms with Crippen molar-refractivity contribution >= 4 is 17.3 Å². The van der Waals surface area contributed by atoms with Crippen molar-refractivity contribution in [3.8, 4) is 0 Å². The third-order valence-electron chi connectivity index (χ3n) is 7.17. The minimum atomic E-state index is -0.884. The number of aromatic nitrogens is 1. The van der Waals surface area contributed by atoms with Crippen LogP contribution in [0, 0.1) is 12.8 Å². The fourth-order valence-electron chi connectivity index (χ4n) is 5.14. The number of fused-ring (bicyclic) bond motifs is 1. The number of hydrogen-bond donors (Lipinski definition) is 3. The third kappa shape index (κ3) is 6.57. The van der Waals surface area contributed by atoms with Crippen LogP contribution < -0.4 is 21.1 Å². The van der Waals surface area contributed by atoms with Crippen molar-refractivity contribution in [2.45, 2.75) is 77.9 Å². The Hall–Kier alpha value is -2.88. The summed E-state index contributed by atoms with van der Waals surface area (Å²) in [5.74, 6) is -0.223. The van der Waals surface area contributed by atoms with Crippen molar-refractivity contribution in [2.24, 2.45) is 13.0 Å². The molecule has 2 aliphatic heterocycles. The highest BCUT2D eigenvalue weighted by Crippen LogP contribution is 2.42. The molecule has 4 unspecified atom stereocenters. The van der Waals surface area contributed by atoms with Crippen molar-refractivity contribution in [3.05, 3.63) is 57.5 Å². The highest BCUT2D eigenvalue weighted by atomic mass is 16.5. The Balaban J connectivity index is 1.55. The highest BCUT2D eigenvalue weighted by molar-refractivity contribution is 5.78. The summed E-state index contributed by atoms with van der Waals surface area (Å²) in [4.78, 5) is 27.2. The molecule has 208 valence electrons. The highest BCUT2D eigenvalue weighted by Gasteiger charge is 2.33. The van der Waals surface area contributed by atoms with E-state index in [1.54, 1.807) is 18.5 Å². The molecule has 1 aromatic heterocycles. The van der Waals surface area contributed by atoms with E-state index < -0.39 is 18.1 Å². The Morgan fingerprint density at radius 1 is 1.26 bits per heavy atom. The second-order valence-corrected chi connectivity index (χ2v) is 11.0. The largest absolute Gasteiger partial charge is 0.464 e. The number of pyridine rings is 1. The molecule has 1 fully saturated rings. The normalized spacial score (nSPS) is 20.7. The maximum Gasteiger partial charge on any atom is 0.325 e. The van der Waals surface area contributed by atoms with Gasteiger partial charge in [0.1, 0.15) is 12.2 Å². The van der Waals surface area contributed by atoms with E-state index in [2.05, 4.69) is 27.7 Å². The van der Waals surface area contributed by atoms with E-state index in [0.717, 1.165) is 54.9 Å². The number of nitrogens with one attached hydrogen (secondary N) is 2. The quantitative estimate of drug-likeness (QED) is 0.406. The van der Waals surface area contributed by atoms with E-state index in [1.165, 1.54) is 0 Å². The first-order chi connectivity index (χ1) is 18.1. The van der Waals surface area contributed by atoms with E-state index in [1.807, 2.05) is 39.1 Å². The minimum Gasteiger partial charge on any atom is -0.464 e. The number of aliphatic hydroxyl groups excluding tert-OH is 1.